The molecule has 0 atom stereocenters. The summed E-state index contributed by atoms with van der Waals surface area (Å²) in [5.74, 6) is 0. The van der Waals surface area contributed by atoms with Gasteiger partial charge in [0.1, 0.15) is 0 Å². The lowest BCUT2D eigenvalue weighted by atomic mass is 9.64. The summed E-state index contributed by atoms with van der Waals surface area (Å²) in [6, 6.07) is 148. The molecule has 2 heteroatoms. The van der Waals surface area contributed by atoms with Crippen molar-refractivity contribution in [3.8, 4) is 66.8 Å². The second-order valence-corrected chi connectivity index (χ2v) is 28.3. The monoisotopic (exact) mass is 1300 g/mol. The standard InChI is InChI=1S/C101H64N2/c1-5-32-65(33-6-1)99(66-34-7-2-8-35-66)82-51-16-13-40-71(82)76-49-29-50-79(98(76)99)95-74-45-27-43-69(72-47-30-58-89-96(72)77-41-14-17-52-83(77)100(89)85-54-19-23-60-91(85)102(67-36-9-3-10-37-67)92-61-24-20-55-86(92)100)80(74)64-81-70(44-28-46-75(81)95)73-48-31-59-90-97(73)78-42-15-18-53-84(78)101(90)87-56-21-25-62-93(87)103(68-38-11-4-12-39-68)94-63-26-22-57-88(94)101/h1-64H. The average Bonchev–Trinajstić information content (AvgIpc) is 1.56. The summed E-state index contributed by atoms with van der Waals surface area (Å²) in [4.78, 5) is 4.96. The molecule has 17 aromatic rings. The fraction of sp³-hybridized carbons (Fsp3) is 0.0297. The number of hydrogen-bond acceptors (Lipinski definition) is 2. The van der Waals surface area contributed by atoms with Crippen molar-refractivity contribution in [2.45, 2.75) is 16.2 Å². The highest BCUT2D eigenvalue weighted by Crippen LogP contribution is 2.68. The van der Waals surface area contributed by atoms with Crippen molar-refractivity contribution in [3.05, 3.63) is 455 Å². The minimum Gasteiger partial charge on any atom is -0.310 e. The predicted octanol–water partition coefficient (Wildman–Crippen LogP) is 25.6. The van der Waals surface area contributed by atoms with Gasteiger partial charge in [-0.3, -0.25) is 0 Å². The predicted molar refractivity (Wildman–Crippen MR) is 426 cm³/mol. The Labute approximate surface area is 599 Å². The molecule has 103 heavy (non-hydrogen) atoms. The normalized spacial score (nSPS) is 14.4. The number of hydrogen-bond donors (Lipinski definition) is 0. The average molecular weight is 1310 g/mol. The number of para-hydroxylation sites is 6. The number of benzene rings is 17. The zero-order valence-corrected chi connectivity index (χ0v) is 56.3. The van der Waals surface area contributed by atoms with Crippen molar-refractivity contribution >= 4 is 55.7 Å². The molecule has 0 fully saturated rings. The summed E-state index contributed by atoms with van der Waals surface area (Å²) in [5.41, 5.74) is 35.1. The van der Waals surface area contributed by atoms with Crippen molar-refractivity contribution in [1.29, 1.82) is 0 Å². The van der Waals surface area contributed by atoms with E-state index < -0.39 is 16.2 Å². The Morgan fingerprint density at radius 2 is 0.456 bits per heavy atom. The molecule has 0 radical (unpaired) electrons. The zero-order chi connectivity index (χ0) is 67.5. The lowest BCUT2D eigenvalue weighted by Crippen LogP contribution is -2.36. The first kappa shape index (κ1) is 57.7. The van der Waals surface area contributed by atoms with E-state index in [9.17, 15) is 0 Å². The number of anilines is 6. The molecular formula is C101H64N2. The maximum Gasteiger partial charge on any atom is 0.0754 e. The molecule has 0 N–H and O–H groups in total. The summed E-state index contributed by atoms with van der Waals surface area (Å²) in [6.45, 7) is 0. The quantitative estimate of drug-likeness (QED) is 0.147. The zero-order valence-electron chi connectivity index (χ0n) is 56.3. The highest BCUT2D eigenvalue weighted by molar-refractivity contribution is 6.22. The van der Waals surface area contributed by atoms with E-state index in [1.165, 1.54) is 178 Å². The van der Waals surface area contributed by atoms with E-state index in [0.29, 0.717) is 0 Å². The molecule has 3 aliphatic carbocycles. The van der Waals surface area contributed by atoms with Gasteiger partial charge in [-0.05, 0) is 210 Å². The number of fused-ring (bicyclic) bond motifs is 23. The topological polar surface area (TPSA) is 6.48 Å². The van der Waals surface area contributed by atoms with E-state index in [1.807, 2.05) is 0 Å². The third-order valence-corrected chi connectivity index (χ3v) is 23.7. The van der Waals surface area contributed by atoms with Crippen LogP contribution in [0.2, 0.25) is 0 Å². The van der Waals surface area contributed by atoms with Crippen LogP contribution in [-0.4, -0.2) is 0 Å². The Bertz CT molecular complexity index is 5960. The molecule has 0 amide bonds. The first-order chi connectivity index (χ1) is 51.2. The van der Waals surface area contributed by atoms with Gasteiger partial charge in [-0.25, -0.2) is 0 Å². The summed E-state index contributed by atoms with van der Waals surface area (Å²) < 4.78 is 0. The summed E-state index contributed by atoms with van der Waals surface area (Å²) in [7, 11) is 0. The van der Waals surface area contributed by atoms with Crippen molar-refractivity contribution in [1.82, 2.24) is 0 Å². The van der Waals surface area contributed by atoms with Crippen molar-refractivity contribution in [2.24, 2.45) is 0 Å². The first-order valence-electron chi connectivity index (χ1n) is 36.1. The molecule has 2 spiro atoms. The lowest BCUT2D eigenvalue weighted by molar-refractivity contribution is 0.753. The van der Waals surface area contributed by atoms with Gasteiger partial charge in [0.15, 0.2) is 0 Å². The third kappa shape index (κ3) is 7.56. The molecule has 0 saturated carbocycles. The molecule has 0 unspecified atom stereocenters. The van der Waals surface area contributed by atoms with Gasteiger partial charge in [-0.1, -0.05) is 334 Å². The fourth-order valence-corrected chi connectivity index (χ4v) is 20.1. The number of rotatable bonds is 7. The van der Waals surface area contributed by atoms with Crippen LogP contribution in [0.25, 0.3) is 88.3 Å². The minimum absolute atomic E-state index is 0.644. The molecule has 17 aromatic carbocycles. The maximum absolute atomic E-state index is 2.59. The first-order valence-corrected chi connectivity index (χ1v) is 36.1. The van der Waals surface area contributed by atoms with Gasteiger partial charge in [0.25, 0.3) is 0 Å². The van der Waals surface area contributed by atoms with E-state index >= 15 is 0 Å². The molecule has 5 aliphatic rings. The van der Waals surface area contributed by atoms with Gasteiger partial charge in [0, 0.05) is 11.4 Å². The van der Waals surface area contributed by atoms with E-state index in [4.69, 9.17) is 0 Å². The highest BCUT2D eigenvalue weighted by Gasteiger charge is 2.55. The van der Waals surface area contributed by atoms with Gasteiger partial charge in [-0.2, -0.15) is 0 Å². The molecule has 478 valence electrons. The van der Waals surface area contributed by atoms with E-state index in [0.717, 1.165) is 11.4 Å². The van der Waals surface area contributed by atoms with Crippen LogP contribution in [0.5, 0.6) is 0 Å². The molecule has 0 saturated heterocycles. The Hall–Kier alpha value is -13.1. The van der Waals surface area contributed by atoms with Crippen molar-refractivity contribution in [2.75, 3.05) is 9.80 Å². The summed E-state index contributed by atoms with van der Waals surface area (Å²) in [6.07, 6.45) is 0. The van der Waals surface area contributed by atoms with Gasteiger partial charge < -0.3 is 9.80 Å². The van der Waals surface area contributed by atoms with Crippen LogP contribution in [0, 0.1) is 0 Å². The number of nitrogens with zero attached hydrogens (tertiary/aromatic N) is 2. The molecule has 2 nitrogen and oxygen atoms in total. The van der Waals surface area contributed by atoms with Crippen LogP contribution in [-0.2, 0) is 16.2 Å². The summed E-state index contributed by atoms with van der Waals surface area (Å²) in [5, 5.41) is 4.80. The van der Waals surface area contributed by atoms with Crippen LogP contribution in [0.15, 0.2) is 388 Å². The molecule has 22 rings (SSSR count). The van der Waals surface area contributed by atoms with Crippen LogP contribution < -0.4 is 9.80 Å². The molecule has 0 bridgehead atoms. The smallest absolute Gasteiger partial charge is 0.0754 e. The van der Waals surface area contributed by atoms with Crippen molar-refractivity contribution < 1.29 is 0 Å². The summed E-state index contributed by atoms with van der Waals surface area (Å²) >= 11 is 0. The Morgan fingerprint density at radius 3 is 0.883 bits per heavy atom. The largest absolute Gasteiger partial charge is 0.310 e. The van der Waals surface area contributed by atoms with Crippen LogP contribution in [0.4, 0.5) is 34.1 Å². The SMILES string of the molecule is c1ccc(N2c3ccccc3C3(c4ccccc4-c4c(-c5cccc6c(-c7cccc8c7C(c7ccccc7)(c7ccccc7)c7ccccc7-8)c7cccc(-c8cccc9c8-c8ccccc8C98c9ccccc9N(c9ccccc9)c9ccccc98)c7cc56)cccc43)c3ccccc32)cc1. The lowest BCUT2D eigenvalue weighted by Gasteiger charge is -2.45. The van der Waals surface area contributed by atoms with E-state index in [1.54, 1.807) is 0 Å². The molecular weight excluding hydrogens is 1240 g/mol. The molecule has 2 aliphatic heterocycles. The van der Waals surface area contributed by atoms with E-state index in [2.05, 4.69) is 398 Å². The van der Waals surface area contributed by atoms with Gasteiger partial charge in [0.05, 0.1) is 39.0 Å². The molecule has 0 aromatic heterocycles. The Kier molecular flexibility index (Phi) is 12.3. The van der Waals surface area contributed by atoms with Gasteiger partial charge in [-0.15, -0.1) is 0 Å². The maximum atomic E-state index is 2.59. The highest BCUT2D eigenvalue weighted by atomic mass is 15.2. The van der Waals surface area contributed by atoms with Gasteiger partial charge >= 0.3 is 0 Å². The van der Waals surface area contributed by atoms with E-state index in [-0.39, 0.29) is 0 Å². The van der Waals surface area contributed by atoms with Crippen LogP contribution in [0.3, 0.4) is 0 Å². The van der Waals surface area contributed by atoms with Gasteiger partial charge in [0.2, 0.25) is 0 Å². The minimum atomic E-state index is -0.684. The Morgan fingerprint density at radius 1 is 0.165 bits per heavy atom. The second kappa shape index (κ2) is 21.9. The Balaban J connectivity index is 0.857. The molecule has 2 heterocycles. The third-order valence-electron chi connectivity index (χ3n) is 23.7. The fourth-order valence-electron chi connectivity index (χ4n) is 20.1. The van der Waals surface area contributed by atoms with Crippen LogP contribution in [0.1, 0.15) is 66.8 Å². The van der Waals surface area contributed by atoms with Crippen molar-refractivity contribution in [3.63, 3.8) is 0 Å². The second-order valence-electron chi connectivity index (χ2n) is 28.3. The van der Waals surface area contributed by atoms with Crippen LogP contribution >= 0.6 is 0 Å².